The molecule has 0 radical (unpaired) electrons. The summed E-state index contributed by atoms with van der Waals surface area (Å²) in [5.41, 5.74) is 7.96. The van der Waals surface area contributed by atoms with Gasteiger partial charge in [-0.15, -0.1) is 0 Å². The van der Waals surface area contributed by atoms with Crippen LogP contribution in [0.2, 0.25) is 0 Å². The Hall–Kier alpha value is -4.15. The molecular formula is C36H44N6O4. The van der Waals surface area contributed by atoms with E-state index in [0.29, 0.717) is 43.8 Å². The van der Waals surface area contributed by atoms with E-state index in [1.54, 1.807) is 0 Å². The normalized spacial score (nSPS) is 18.6. The van der Waals surface area contributed by atoms with Crippen molar-refractivity contribution in [2.75, 3.05) is 6.61 Å². The summed E-state index contributed by atoms with van der Waals surface area (Å²) in [6, 6.07) is 16.3. The van der Waals surface area contributed by atoms with Crippen molar-refractivity contribution < 1.29 is 14.6 Å². The molecule has 2 aromatic heterocycles. The summed E-state index contributed by atoms with van der Waals surface area (Å²) < 4.78 is 9.88. The van der Waals surface area contributed by atoms with Gasteiger partial charge in [0, 0.05) is 23.6 Å². The second kappa shape index (κ2) is 13.7. The largest absolute Gasteiger partial charge is 0.388 e. The maximum atomic E-state index is 14.5. The number of fused-ring (bicyclic) bond motifs is 1. The van der Waals surface area contributed by atoms with Crippen molar-refractivity contribution in [1.29, 1.82) is 0 Å². The lowest BCUT2D eigenvalue weighted by atomic mass is 9.91. The summed E-state index contributed by atoms with van der Waals surface area (Å²) in [6.45, 7) is 6.41. The number of nitrogens with one attached hydrogen (secondary N) is 1. The van der Waals surface area contributed by atoms with Gasteiger partial charge < -0.3 is 9.84 Å². The van der Waals surface area contributed by atoms with Gasteiger partial charge in [0.05, 0.1) is 36.1 Å². The first-order valence-corrected chi connectivity index (χ1v) is 16.7. The summed E-state index contributed by atoms with van der Waals surface area (Å²) in [6.07, 6.45) is 8.30. The molecule has 1 amide bonds. The number of benzene rings is 2. The van der Waals surface area contributed by atoms with E-state index in [1.165, 1.54) is 6.33 Å². The molecule has 0 spiro atoms. The third-order valence-corrected chi connectivity index (χ3v) is 9.73. The fourth-order valence-corrected chi connectivity index (χ4v) is 6.81. The molecular weight excluding hydrogens is 580 g/mol. The van der Waals surface area contributed by atoms with E-state index in [1.807, 2.05) is 53.3 Å². The number of aliphatic hydroxyl groups is 1. The highest BCUT2D eigenvalue weighted by Crippen LogP contribution is 2.32. The van der Waals surface area contributed by atoms with E-state index in [9.17, 15) is 14.7 Å². The van der Waals surface area contributed by atoms with Crippen LogP contribution >= 0.6 is 0 Å². The Morgan fingerprint density at radius 1 is 1.00 bits per heavy atom. The summed E-state index contributed by atoms with van der Waals surface area (Å²) >= 11 is 0. The van der Waals surface area contributed by atoms with E-state index in [2.05, 4.69) is 45.7 Å². The van der Waals surface area contributed by atoms with Crippen LogP contribution in [0.5, 0.6) is 0 Å². The monoisotopic (exact) mass is 624 g/mol. The predicted molar refractivity (Wildman–Crippen MR) is 178 cm³/mol. The van der Waals surface area contributed by atoms with E-state index in [4.69, 9.17) is 4.74 Å². The molecule has 1 saturated carbocycles. The predicted octanol–water partition coefficient (Wildman–Crippen LogP) is 5.38. The van der Waals surface area contributed by atoms with Crippen molar-refractivity contribution in [3.8, 4) is 11.1 Å². The molecule has 242 valence electrons. The van der Waals surface area contributed by atoms with E-state index < -0.39 is 5.60 Å². The molecule has 0 bridgehead atoms. The number of aromatic nitrogens is 4. The van der Waals surface area contributed by atoms with Gasteiger partial charge in [0.15, 0.2) is 0 Å². The first-order chi connectivity index (χ1) is 22.3. The third-order valence-electron chi connectivity index (χ3n) is 9.73. The quantitative estimate of drug-likeness (QED) is 0.218. The van der Waals surface area contributed by atoms with Gasteiger partial charge in [-0.3, -0.25) is 14.2 Å². The number of hydrazone groups is 1. The number of carbonyl (C=O) groups excluding carboxylic acids is 1. The van der Waals surface area contributed by atoms with Crippen molar-refractivity contribution in [3.63, 3.8) is 0 Å². The maximum Gasteiger partial charge on any atom is 0.259 e. The zero-order valence-electron chi connectivity index (χ0n) is 27.0. The standard InChI is InChI=1S/C36H44N6O4/c1-4-10-32-30(20-24-13-18-28(25-11-8-7-9-12-25)29(19-24)31-21-33(43)40-39-31)34(44)41(35-37-23-38-42(32)35)26-14-16-27(17-15-26)46-22-36(45,5-2)6-3/h7-9,11-13,18-19,23,26-27,45H,4-6,10,14-17,20-22H2,1-3H3,(H,40,43). The molecule has 4 aromatic rings. The Balaban J connectivity index is 1.34. The van der Waals surface area contributed by atoms with Crippen LogP contribution in [0, 0.1) is 0 Å². The van der Waals surface area contributed by atoms with Crippen LogP contribution in [-0.4, -0.2) is 54.2 Å². The van der Waals surface area contributed by atoms with Crippen LogP contribution in [0.1, 0.15) is 101 Å². The molecule has 2 aliphatic rings. The van der Waals surface area contributed by atoms with Gasteiger partial charge >= 0.3 is 0 Å². The SMILES string of the molecule is CCCc1c(Cc2ccc(-c3ccccc3)c(C3=NNC(=O)C3)c2)c(=O)n(C2CCC(OCC(O)(CC)CC)CC2)c2ncnn12. The molecule has 2 N–H and O–H groups in total. The second-order valence-electron chi connectivity index (χ2n) is 12.7. The second-order valence-corrected chi connectivity index (χ2v) is 12.7. The molecule has 6 rings (SSSR count). The molecule has 1 aliphatic carbocycles. The summed E-state index contributed by atoms with van der Waals surface area (Å²) in [5, 5.41) is 19.6. The van der Waals surface area contributed by atoms with E-state index in [0.717, 1.165) is 65.6 Å². The molecule has 1 aliphatic heterocycles. The number of carbonyl (C=O) groups is 1. The van der Waals surface area contributed by atoms with Crippen LogP contribution < -0.4 is 11.0 Å². The minimum atomic E-state index is -0.791. The maximum absolute atomic E-state index is 14.5. The molecule has 3 heterocycles. The Morgan fingerprint density at radius 3 is 2.43 bits per heavy atom. The highest BCUT2D eigenvalue weighted by molar-refractivity contribution is 6.16. The summed E-state index contributed by atoms with van der Waals surface area (Å²) in [5.74, 6) is 0.452. The Morgan fingerprint density at radius 2 is 1.76 bits per heavy atom. The minimum absolute atomic E-state index is 0.0225. The minimum Gasteiger partial charge on any atom is -0.388 e. The zero-order valence-corrected chi connectivity index (χ0v) is 27.0. The summed E-state index contributed by atoms with van der Waals surface area (Å²) in [4.78, 5) is 31.2. The smallest absolute Gasteiger partial charge is 0.259 e. The third kappa shape index (κ3) is 6.41. The molecule has 10 nitrogen and oxygen atoms in total. The van der Waals surface area contributed by atoms with Crippen LogP contribution in [-0.2, 0) is 22.4 Å². The Labute approximate surface area is 269 Å². The molecule has 0 saturated heterocycles. The molecule has 0 unspecified atom stereocenters. The van der Waals surface area contributed by atoms with Gasteiger partial charge in [-0.05, 0) is 67.7 Å². The lowest BCUT2D eigenvalue weighted by molar-refractivity contribution is -0.119. The number of ether oxygens (including phenoxy) is 1. The highest BCUT2D eigenvalue weighted by Gasteiger charge is 2.30. The fourth-order valence-electron chi connectivity index (χ4n) is 6.81. The lowest BCUT2D eigenvalue weighted by Crippen LogP contribution is -2.37. The molecule has 2 aromatic carbocycles. The average Bonchev–Trinajstić information content (AvgIpc) is 3.75. The lowest BCUT2D eigenvalue weighted by Gasteiger charge is -2.33. The van der Waals surface area contributed by atoms with Crippen molar-refractivity contribution in [2.24, 2.45) is 5.10 Å². The van der Waals surface area contributed by atoms with Crippen molar-refractivity contribution in [3.05, 3.63) is 87.6 Å². The topological polar surface area (TPSA) is 123 Å². The number of nitrogens with zero attached hydrogens (tertiary/aromatic N) is 5. The summed E-state index contributed by atoms with van der Waals surface area (Å²) in [7, 11) is 0. The van der Waals surface area contributed by atoms with Crippen molar-refractivity contribution in [1.82, 2.24) is 24.6 Å². The van der Waals surface area contributed by atoms with Gasteiger partial charge in [0.2, 0.25) is 11.7 Å². The number of hydrogen-bond acceptors (Lipinski definition) is 7. The van der Waals surface area contributed by atoms with Gasteiger partial charge in [0.1, 0.15) is 6.33 Å². The van der Waals surface area contributed by atoms with Crippen LogP contribution in [0.4, 0.5) is 0 Å². The molecule has 10 heteroatoms. The number of rotatable bonds is 12. The van der Waals surface area contributed by atoms with Crippen LogP contribution in [0.25, 0.3) is 16.9 Å². The molecule has 1 fully saturated rings. The highest BCUT2D eigenvalue weighted by atomic mass is 16.5. The number of amides is 1. The van der Waals surface area contributed by atoms with Crippen molar-refractivity contribution in [2.45, 2.75) is 103 Å². The average molecular weight is 625 g/mol. The van der Waals surface area contributed by atoms with E-state index >= 15 is 0 Å². The molecule has 46 heavy (non-hydrogen) atoms. The van der Waals surface area contributed by atoms with Gasteiger partial charge in [0.25, 0.3) is 5.56 Å². The fraction of sp³-hybridized carbons (Fsp3) is 0.472. The Kier molecular flexibility index (Phi) is 9.47. The molecule has 0 atom stereocenters. The Bertz CT molecular complexity index is 1780. The van der Waals surface area contributed by atoms with Gasteiger partial charge in [-0.25, -0.2) is 9.94 Å². The van der Waals surface area contributed by atoms with Gasteiger partial charge in [-0.2, -0.15) is 15.2 Å². The number of aryl methyl sites for hydroxylation is 1. The number of hydrogen-bond donors (Lipinski definition) is 2. The van der Waals surface area contributed by atoms with Crippen LogP contribution in [0.3, 0.4) is 0 Å². The first kappa shape index (κ1) is 31.8. The van der Waals surface area contributed by atoms with E-state index in [-0.39, 0.29) is 30.0 Å². The van der Waals surface area contributed by atoms with Gasteiger partial charge in [-0.1, -0.05) is 69.7 Å². The van der Waals surface area contributed by atoms with Crippen molar-refractivity contribution >= 4 is 17.4 Å². The zero-order chi connectivity index (χ0) is 32.3. The first-order valence-electron chi connectivity index (χ1n) is 16.7. The van der Waals surface area contributed by atoms with Crippen LogP contribution in [0.15, 0.2) is 64.8 Å².